The number of nitrogens with zero attached hydrogens (tertiary/aromatic N) is 2. The van der Waals surface area contributed by atoms with Crippen molar-refractivity contribution in [2.45, 2.75) is 31.7 Å². The predicted octanol–water partition coefficient (Wildman–Crippen LogP) is 2.38. The van der Waals surface area contributed by atoms with Gasteiger partial charge in [-0.25, -0.2) is 0 Å². The first kappa shape index (κ1) is 13.2. The molecule has 0 radical (unpaired) electrons. The van der Waals surface area contributed by atoms with Crippen LogP contribution in [0.25, 0.3) is 11.0 Å². The molecule has 2 heterocycles. The Kier molecular flexibility index (Phi) is 3.15. The van der Waals surface area contributed by atoms with E-state index in [2.05, 4.69) is 14.1 Å². The van der Waals surface area contributed by atoms with Crippen LogP contribution in [0, 0.1) is 5.41 Å². The molecule has 1 N–H and O–H groups in total. The molecule has 1 unspecified atom stereocenters. The maximum Gasteiger partial charge on any atom is 0.251 e. The van der Waals surface area contributed by atoms with Crippen LogP contribution in [0.4, 0.5) is 0 Å². The minimum atomic E-state index is 0.000432. The highest BCUT2D eigenvalue weighted by Crippen LogP contribution is 2.48. The Labute approximate surface area is 127 Å². The lowest BCUT2D eigenvalue weighted by molar-refractivity contribution is -0.0523. The predicted molar refractivity (Wildman–Crippen MR) is 80.4 cm³/mol. The Bertz CT molecular complexity index is 678. The fraction of sp³-hybridized carbons (Fsp3) is 0.533. The van der Waals surface area contributed by atoms with Crippen molar-refractivity contribution in [3.05, 3.63) is 23.8 Å². The van der Waals surface area contributed by atoms with Gasteiger partial charge < -0.3 is 10.1 Å². The van der Waals surface area contributed by atoms with Gasteiger partial charge in [0.15, 0.2) is 0 Å². The number of aromatic nitrogens is 2. The number of hydrogen-bond acceptors (Lipinski definition) is 5. The summed E-state index contributed by atoms with van der Waals surface area (Å²) in [5.41, 5.74) is 2.59. The molecule has 2 aliphatic rings. The zero-order valence-corrected chi connectivity index (χ0v) is 12.5. The van der Waals surface area contributed by atoms with Crippen molar-refractivity contribution < 1.29 is 9.53 Å². The van der Waals surface area contributed by atoms with Crippen LogP contribution in [0.1, 0.15) is 36.0 Å². The minimum Gasteiger partial charge on any atom is -0.381 e. The van der Waals surface area contributed by atoms with Crippen LogP contribution in [0.3, 0.4) is 0 Å². The first-order valence-electron chi connectivity index (χ1n) is 7.38. The quantitative estimate of drug-likeness (QED) is 0.925. The molecule has 1 amide bonds. The summed E-state index contributed by atoms with van der Waals surface area (Å²) in [4.78, 5) is 12.5. The van der Waals surface area contributed by atoms with E-state index in [1.54, 1.807) is 0 Å². The molecule has 2 fully saturated rings. The second kappa shape index (κ2) is 5.03. The molecule has 110 valence electrons. The van der Waals surface area contributed by atoms with E-state index in [1.807, 2.05) is 18.2 Å². The van der Waals surface area contributed by atoms with Gasteiger partial charge in [0.05, 0.1) is 11.7 Å². The molecule has 1 aromatic carbocycles. The normalized spacial score (nSPS) is 23.9. The lowest BCUT2D eigenvalue weighted by Gasteiger charge is -2.52. The molecule has 21 heavy (non-hydrogen) atoms. The molecule has 1 aliphatic carbocycles. The smallest absolute Gasteiger partial charge is 0.251 e. The maximum atomic E-state index is 12.5. The zero-order chi connectivity index (χ0) is 14.3. The summed E-state index contributed by atoms with van der Waals surface area (Å²) in [5.74, 6) is 0.000432. The van der Waals surface area contributed by atoms with Crippen molar-refractivity contribution in [2.24, 2.45) is 5.41 Å². The van der Waals surface area contributed by atoms with E-state index in [4.69, 9.17) is 4.74 Å². The van der Waals surface area contributed by atoms with Gasteiger partial charge in [-0.3, -0.25) is 4.79 Å². The van der Waals surface area contributed by atoms with Crippen LogP contribution in [0.2, 0.25) is 0 Å². The van der Waals surface area contributed by atoms with Gasteiger partial charge in [-0.2, -0.15) is 8.75 Å². The fourth-order valence-corrected chi connectivity index (χ4v) is 3.98. The molecule has 1 saturated carbocycles. The summed E-state index contributed by atoms with van der Waals surface area (Å²) in [6, 6.07) is 5.80. The van der Waals surface area contributed by atoms with Gasteiger partial charge in [-0.05, 0) is 49.3 Å². The summed E-state index contributed by atoms with van der Waals surface area (Å²) in [5, 5.41) is 3.21. The van der Waals surface area contributed by atoms with E-state index in [0.717, 1.165) is 43.5 Å². The van der Waals surface area contributed by atoms with E-state index in [9.17, 15) is 4.79 Å². The Morgan fingerprint density at radius 3 is 2.81 bits per heavy atom. The molecule has 4 rings (SSSR count). The van der Waals surface area contributed by atoms with Gasteiger partial charge in [0.25, 0.3) is 5.91 Å². The molecule has 1 saturated heterocycles. The number of ether oxygens (including phenoxy) is 1. The Balaban J connectivity index is 1.50. The van der Waals surface area contributed by atoms with E-state index in [0.29, 0.717) is 5.56 Å². The van der Waals surface area contributed by atoms with Crippen LogP contribution in [-0.4, -0.2) is 33.9 Å². The summed E-state index contributed by atoms with van der Waals surface area (Å²) in [6.07, 6.45) is 4.41. The minimum absolute atomic E-state index is 0.000432. The second-order valence-electron chi connectivity index (χ2n) is 6.01. The lowest BCUT2D eigenvalue weighted by atomic mass is 9.60. The number of amides is 1. The highest BCUT2D eigenvalue weighted by atomic mass is 32.1. The van der Waals surface area contributed by atoms with Crippen molar-refractivity contribution in [3.63, 3.8) is 0 Å². The molecule has 0 bridgehead atoms. The Morgan fingerprint density at radius 1 is 1.24 bits per heavy atom. The standard InChI is InChI=1S/C15H17N3O2S/c19-14(10-1-2-11-12(9-10)18-21-17-11)16-13-3-4-15(13)5-7-20-8-6-15/h1-2,9,13H,3-8H2,(H,16,19). The number of carbonyl (C=O) groups excluding carboxylic acids is 1. The van der Waals surface area contributed by atoms with Crippen LogP contribution < -0.4 is 5.32 Å². The van der Waals surface area contributed by atoms with Gasteiger partial charge in [0.2, 0.25) is 0 Å². The second-order valence-corrected chi connectivity index (χ2v) is 6.54. The molecular weight excluding hydrogens is 286 g/mol. The molecule has 6 heteroatoms. The van der Waals surface area contributed by atoms with Gasteiger partial charge in [-0.15, -0.1) is 0 Å². The highest BCUT2D eigenvalue weighted by Gasteiger charge is 2.47. The van der Waals surface area contributed by atoms with Gasteiger partial charge >= 0.3 is 0 Å². The number of carbonyl (C=O) groups is 1. The third-order valence-corrected chi connectivity index (χ3v) is 5.54. The molecule has 1 spiro atoms. The first-order valence-corrected chi connectivity index (χ1v) is 8.11. The van der Waals surface area contributed by atoms with Crippen molar-refractivity contribution >= 4 is 28.7 Å². The Morgan fingerprint density at radius 2 is 2.05 bits per heavy atom. The lowest BCUT2D eigenvalue weighted by Crippen LogP contribution is -2.57. The maximum absolute atomic E-state index is 12.5. The van der Waals surface area contributed by atoms with E-state index in [1.165, 1.54) is 18.1 Å². The summed E-state index contributed by atoms with van der Waals surface area (Å²) in [7, 11) is 0. The fourth-order valence-electron chi connectivity index (χ4n) is 3.46. The summed E-state index contributed by atoms with van der Waals surface area (Å²) >= 11 is 1.17. The Hall–Kier alpha value is -1.53. The number of fused-ring (bicyclic) bond motifs is 1. The number of rotatable bonds is 2. The van der Waals surface area contributed by atoms with Crippen LogP contribution in [-0.2, 0) is 4.74 Å². The zero-order valence-electron chi connectivity index (χ0n) is 11.7. The summed E-state index contributed by atoms with van der Waals surface area (Å²) < 4.78 is 13.8. The average Bonchev–Trinajstić information content (AvgIpc) is 2.99. The van der Waals surface area contributed by atoms with E-state index in [-0.39, 0.29) is 17.4 Å². The van der Waals surface area contributed by atoms with E-state index < -0.39 is 0 Å². The monoisotopic (exact) mass is 303 g/mol. The summed E-state index contributed by atoms with van der Waals surface area (Å²) in [6.45, 7) is 1.64. The van der Waals surface area contributed by atoms with Crippen LogP contribution >= 0.6 is 11.7 Å². The number of nitrogens with one attached hydrogen (secondary N) is 1. The highest BCUT2D eigenvalue weighted by molar-refractivity contribution is 7.00. The van der Waals surface area contributed by atoms with Crippen LogP contribution in [0.15, 0.2) is 18.2 Å². The van der Waals surface area contributed by atoms with Crippen molar-refractivity contribution in [3.8, 4) is 0 Å². The molecule has 1 aliphatic heterocycles. The van der Waals surface area contributed by atoms with E-state index >= 15 is 0 Å². The first-order chi connectivity index (χ1) is 10.3. The topological polar surface area (TPSA) is 64.1 Å². The molecule has 1 aromatic heterocycles. The number of benzene rings is 1. The van der Waals surface area contributed by atoms with Crippen molar-refractivity contribution in [1.29, 1.82) is 0 Å². The molecule has 2 aromatic rings. The molecule has 5 nitrogen and oxygen atoms in total. The molecular formula is C15H17N3O2S. The van der Waals surface area contributed by atoms with Crippen molar-refractivity contribution in [2.75, 3.05) is 13.2 Å². The third-order valence-electron chi connectivity index (χ3n) is 4.98. The average molecular weight is 303 g/mol. The van der Waals surface area contributed by atoms with Crippen LogP contribution in [0.5, 0.6) is 0 Å². The number of hydrogen-bond donors (Lipinski definition) is 1. The largest absolute Gasteiger partial charge is 0.381 e. The third kappa shape index (κ3) is 2.22. The molecule has 1 atom stereocenters. The van der Waals surface area contributed by atoms with Crippen molar-refractivity contribution in [1.82, 2.24) is 14.1 Å². The SMILES string of the molecule is O=C(NC1CCC12CCOCC2)c1ccc2nsnc2c1. The van der Waals surface area contributed by atoms with Gasteiger partial charge in [-0.1, -0.05) is 0 Å². The van der Waals surface area contributed by atoms with Gasteiger partial charge in [0.1, 0.15) is 11.0 Å². The van der Waals surface area contributed by atoms with Gasteiger partial charge in [0, 0.05) is 24.8 Å².